The molecule has 1 rings (SSSR count). The molecule has 0 amide bonds. The predicted octanol–water partition coefficient (Wildman–Crippen LogP) is 1.12. The molecule has 0 aliphatic carbocycles. The number of rotatable bonds is 3. The van der Waals surface area contributed by atoms with E-state index in [1.165, 1.54) is 0 Å². The minimum absolute atomic E-state index is 0.476. The van der Waals surface area contributed by atoms with Gasteiger partial charge in [-0.2, -0.15) is 0 Å². The van der Waals surface area contributed by atoms with Crippen LogP contribution in [0.3, 0.4) is 0 Å². The molecular formula is C8H8NO. The molecule has 2 nitrogen and oxygen atoms in total. The van der Waals surface area contributed by atoms with Crippen LogP contribution in [-0.4, -0.2) is 11.3 Å². The molecule has 0 unspecified atom stereocenters. The normalized spacial score (nSPS) is 9.20. The van der Waals surface area contributed by atoms with Crippen molar-refractivity contribution in [2.75, 3.05) is 0 Å². The van der Waals surface area contributed by atoms with Crippen molar-refractivity contribution in [3.63, 3.8) is 0 Å². The van der Waals surface area contributed by atoms with Crippen LogP contribution in [0, 0.1) is 0 Å². The first-order valence-corrected chi connectivity index (χ1v) is 3.17. The fourth-order valence-corrected chi connectivity index (χ4v) is 0.745. The van der Waals surface area contributed by atoms with Gasteiger partial charge in [0.2, 0.25) is 0 Å². The second-order valence-corrected chi connectivity index (χ2v) is 2.00. The van der Waals surface area contributed by atoms with Gasteiger partial charge >= 0.3 is 0 Å². The van der Waals surface area contributed by atoms with Gasteiger partial charge < -0.3 is 0 Å². The smallest absolute Gasteiger partial charge is 0.198 e. The van der Waals surface area contributed by atoms with Crippen molar-refractivity contribution >= 4 is 6.29 Å². The summed E-state index contributed by atoms with van der Waals surface area (Å²) in [5.41, 5.74) is 1.14. The first kappa shape index (κ1) is 6.93. The Labute approximate surface area is 59.9 Å². The van der Waals surface area contributed by atoms with Gasteiger partial charge in [0.1, 0.15) is 0 Å². The molecule has 0 aromatic carbocycles. The number of carbonyl (C=O) groups excluding carboxylic acids is 1. The standard InChI is InChI=1S/C8H8NO/c10-7-1-2-8-3-5-9-6-4-8/h3-6H,1-2H2. The Morgan fingerprint density at radius 3 is 2.70 bits per heavy atom. The molecule has 1 aromatic rings. The van der Waals surface area contributed by atoms with Crippen molar-refractivity contribution < 1.29 is 4.79 Å². The molecule has 2 heteroatoms. The van der Waals surface area contributed by atoms with Crippen molar-refractivity contribution in [3.05, 3.63) is 30.1 Å². The maximum Gasteiger partial charge on any atom is 0.198 e. The van der Waals surface area contributed by atoms with Gasteiger partial charge in [-0.05, 0) is 24.1 Å². The van der Waals surface area contributed by atoms with Crippen molar-refractivity contribution in [1.29, 1.82) is 0 Å². The van der Waals surface area contributed by atoms with E-state index in [9.17, 15) is 4.79 Å². The number of aryl methyl sites for hydroxylation is 1. The summed E-state index contributed by atoms with van der Waals surface area (Å²) < 4.78 is 0. The summed E-state index contributed by atoms with van der Waals surface area (Å²) in [5, 5.41) is 0. The zero-order chi connectivity index (χ0) is 7.23. The molecule has 0 atom stereocenters. The van der Waals surface area contributed by atoms with Gasteiger partial charge in [-0.1, -0.05) is 0 Å². The lowest BCUT2D eigenvalue weighted by molar-refractivity contribution is 0.551. The number of aromatic nitrogens is 1. The molecule has 0 aliphatic heterocycles. The second kappa shape index (κ2) is 3.77. The van der Waals surface area contributed by atoms with Gasteiger partial charge in [0.25, 0.3) is 0 Å². The lowest BCUT2D eigenvalue weighted by Gasteiger charge is -1.92. The van der Waals surface area contributed by atoms with Crippen LogP contribution in [0.4, 0.5) is 0 Å². The average Bonchev–Trinajstić information content (AvgIpc) is 2.03. The molecule has 0 saturated carbocycles. The summed E-state index contributed by atoms with van der Waals surface area (Å²) >= 11 is 0. The quantitative estimate of drug-likeness (QED) is 0.620. The lowest BCUT2D eigenvalue weighted by atomic mass is 10.2. The minimum Gasteiger partial charge on any atom is -0.291 e. The third-order valence-electron chi connectivity index (χ3n) is 1.27. The van der Waals surface area contributed by atoms with E-state index in [-0.39, 0.29) is 0 Å². The van der Waals surface area contributed by atoms with Crippen molar-refractivity contribution in [2.45, 2.75) is 12.8 Å². The number of nitrogens with zero attached hydrogens (tertiary/aromatic N) is 1. The topological polar surface area (TPSA) is 30.0 Å². The first-order valence-electron chi connectivity index (χ1n) is 3.17. The van der Waals surface area contributed by atoms with E-state index in [1.54, 1.807) is 12.4 Å². The molecule has 51 valence electrons. The molecule has 0 aliphatic rings. The maximum absolute atomic E-state index is 9.84. The molecule has 0 fully saturated rings. The molecule has 1 heterocycles. The zero-order valence-corrected chi connectivity index (χ0v) is 5.58. The van der Waals surface area contributed by atoms with E-state index in [2.05, 4.69) is 4.98 Å². The minimum atomic E-state index is 0.476. The third-order valence-corrected chi connectivity index (χ3v) is 1.27. The highest BCUT2D eigenvalue weighted by molar-refractivity contribution is 5.50. The Kier molecular flexibility index (Phi) is 2.62. The summed E-state index contributed by atoms with van der Waals surface area (Å²) in [6, 6.07) is 3.80. The Bertz CT molecular complexity index is 196. The lowest BCUT2D eigenvalue weighted by Crippen LogP contribution is -1.84. The molecule has 1 aromatic heterocycles. The largest absolute Gasteiger partial charge is 0.291 e. The zero-order valence-electron chi connectivity index (χ0n) is 5.58. The summed E-state index contributed by atoms with van der Waals surface area (Å²) in [5.74, 6) is 0. The predicted molar refractivity (Wildman–Crippen MR) is 38.3 cm³/mol. The van der Waals surface area contributed by atoms with Crippen LogP contribution in [0.25, 0.3) is 0 Å². The van der Waals surface area contributed by atoms with E-state index in [1.807, 2.05) is 18.4 Å². The summed E-state index contributed by atoms with van der Waals surface area (Å²) in [6.07, 6.45) is 6.54. The molecule has 1 radical (unpaired) electrons. The van der Waals surface area contributed by atoms with Gasteiger partial charge in [0.15, 0.2) is 6.29 Å². The van der Waals surface area contributed by atoms with Crippen LogP contribution < -0.4 is 0 Å². The van der Waals surface area contributed by atoms with Crippen LogP contribution in [-0.2, 0) is 11.2 Å². The summed E-state index contributed by atoms with van der Waals surface area (Å²) in [6.45, 7) is 0. The van der Waals surface area contributed by atoms with E-state index in [0.717, 1.165) is 12.0 Å². The van der Waals surface area contributed by atoms with Crippen LogP contribution >= 0.6 is 0 Å². The highest BCUT2D eigenvalue weighted by Crippen LogP contribution is 1.98. The molecule has 0 spiro atoms. The fourth-order valence-electron chi connectivity index (χ4n) is 0.745. The Morgan fingerprint density at radius 1 is 1.40 bits per heavy atom. The van der Waals surface area contributed by atoms with Gasteiger partial charge in [-0.25, -0.2) is 0 Å². The van der Waals surface area contributed by atoms with Gasteiger partial charge in [-0.3, -0.25) is 9.78 Å². The van der Waals surface area contributed by atoms with Crippen molar-refractivity contribution in [2.24, 2.45) is 0 Å². The summed E-state index contributed by atoms with van der Waals surface area (Å²) in [7, 11) is 0. The molecular weight excluding hydrogens is 126 g/mol. The molecule has 0 N–H and O–H groups in total. The van der Waals surface area contributed by atoms with Gasteiger partial charge in [0, 0.05) is 18.8 Å². The fraction of sp³-hybridized carbons (Fsp3) is 0.250. The summed E-state index contributed by atoms with van der Waals surface area (Å²) in [4.78, 5) is 13.7. The first-order chi connectivity index (χ1) is 4.93. The molecule has 0 bridgehead atoms. The highest BCUT2D eigenvalue weighted by Gasteiger charge is 1.88. The Morgan fingerprint density at radius 2 is 2.10 bits per heavy atom. The van der Waals surface area contributed by atoms with Gasteiger partial charge in [-0.15, -0.1) is 0 Å². The van der Waals surface area contributed by atoms with Crippen LogP contribution in [0.15, 0.2) is 24.5 Å². The van der Waals surface area contributed by atoms with Crippen LogP contribution in [0.1, 0.15) is 12.0 Å². The highest BCUT2D eigenvalue weighted by atomic mass is 16.1. The molecule has 10 heavy (non-hydrogen) atoms. The second-order valence-electron chi connectivity index (χ2n) is 2.00. The van der Waals surface area contributed by atoms with Crippen molar-refractivity contribution in [1.82, 2.24) is 4.98 Å². The third kappa shape index (κ3) is 1.97. The van der Waals surface area contributed by atoms with Crippen LogP contribution in [0.2, 0.25) is 0 Å². The monoisotopic (exact) mass is 134 g/mol. The Balaban J connectivity index is 2.50. The number of hydrogen-bond donors (Lipinski definition) is 0. The number of pyridine rings is 1. The number of hydrogen-bond acceptors (Lipinski definition) is 2. The van der Waals surface area contributed by atoms with E-state index >= 15 is 0 Å². The van der Waals surface area contributed by atoms with E-state index in [4.69, 9.17) is 0 Å². The Hall–Kier alpha value is -1.18. The van der Waals surface area contributed by atoms with E-state index in [0.29, 0.717) is 6.42 Å². The maximum atomic E-state index is 9.84. The molecule has 0 saturated heterocycles. The van der Waals surface area contributed by atoms with Gasteiger partial charge in [0.05, 0.1) is 0 Å². The van der Waals surface area contributed by atoms with E-state index < -0.39 is 0 Å². The van der Waals surface area contributed by atoms with Crippen molar-refractivity contribution in [3.8, 4) is 0 Å². The average molecular weight is 134 g/mol. The SMILES string of the molecule is O=[C]CCc1ccncc1. The van der Waals surface area contributed by atoms with Crippen LogP contribution in [0.5, 0.6) is 0 Å².